The maximum atomic E-state index is 12.6. The molecule has 2 fully saturated rings. The van der Waals surface area contributed by atoms with E-state index in [9.17, 15) is 9.59 Å². The van der Waals surface area contributed by atoms with Crippen molar-refractivity contribution in [3.63, 3.8) is 0 Å². The monoisotopic (exact) mass is 297 g/mol. The predicted octanol–water partition coefficient (Wildman–Crippen LogP) is 1.32. The van der Waals surface area contributed by atoms with Gasteiger partial charge in [-0.3, -0.25) is 4.79 Å². The maximum Gasteiger partial charge on any atom is 0.320 e. The third kappa shape index (κ3) is 3.87. The first-order valence-electron chi connectivity index (χ1n) is 7.99. The average Bonchev–Trinajstić information content (AvgIpc) is 2.53. The molecule has 2 heterocycles. The summed E-state index contributed by atoms with van der Waals surface area (Å²) in [4.78, 5) is 29.6. The van der Waals surface area contributed by atoms with Crippen molar-refractivity contribution in [2.75, 3.05) is 39.8 Å². The van der Waals surface area contributed by atoms with Crippen molar-refractivity contribution in [1.82, 2.24) is 14.7 Å². The standard InChI is InChI=1S/C15H27N3O3/c1-3-17-9-6-13(7-10-17)16(2)15(21)18-8-4-5-12(11-18)14(19)20/h12-13H,3-11H2,1-2H3,(H,19,20)/t12-/m0/s1. The topological polar surface area (TPSA) is 64.1 Å². The Bertz CT molecular complexity index is 380. The summed E-state index contributed by atoms with van der Waals surface area (Å²) in [5, 5.41) is 9.12. The number of likely N-dealkylation sites (tertiary alicyclic amines) is 2. The van der Waals surface area contributed by atoms with E-state index in [1.54, 1.807) is 4.90 Å². The van der Waals surface area contributed by atoms with Gasteiger partial charge in [0.05, 0.1) is 5.92 Å². The number of urea groups is 1. The predicted molar refractivity (Wildman–Crippen MR) is 80.2 cm³/mol. The number of carboxylic acids is 1. The highest BCUT2D eigenvalue weighted by molar-refractivity contribution is 5.76. The van der Waals surface area contributed by atoms with Crippen molar-refractivity contribution in [3.8, 4) is 0 Å². The van der Waals surface area contributed by atoms with Gasteiger partial charge in [-0.05, 0) is 32.2 Å². The lowest BCUT2D eigenvalue weighted by Crippen LogP contribution is -2.52. The van der Waals surface area contributed by atoms with Crippen LogP contribution in [0.15, 0.2) is 0 Å². The first-order valence-corrected chi connectivity index (χ1v) is 7.99. The van der Waals surface area contributed by atoms with Gasteiger partial charge < -0.3 is 19.8 Å². The normalized spacial score (nSPS) is 24.9. The van der Waals surface area contributed by atoms with Gasteiger partial charge in [-0.1, -0.05) is 6.92 Å². The zero-order chi connectivity index (χ0) is 15.4. The molecule has 0 unspecified atom stereocenters. The Balaban J connectivity index is 1.88. The average molecular weight is 297 g/mol. The van der Waals surface area contributed by atoms with Gasteiger partial charge in [-0.2, -0.15) is 0 Å². The van der Waals surface area contributed by atoms with E-state index >= 15 is 0 Å². The number of hydrogen-bond donors (Lipinski definition) is 1. The number of piperidine rings is 2. The van der Waals surface area contributed by atoms with Crippen LogP contribution >= 0.6 is 0 Å². The lowest BCUT2D eigenvalue weighted by Gasteiger charge is -2.40. The molecule has 1 N–H and O–H groups in total. The molecule has 2 saturated heterocycles. The summed E-state index contributed by atoms with van der Waals surface area (Å²) < 4.78 is 0. The minimum atomic E-state index is -0.786. The minimum Gasteiger partial charge on any atom is -0.481 e. The Kier molecular flexibility index (Phi) is 5.45. The van der Waals surface area contributed by atoms with Crippen molar-refractivity contribution in [2.45, 2.75) is 38.6 Å². The summed E-state index contributed by atoms with van der Waals surface area (Å²) in [6.07, 6.45) is 3.47. The van der Waals surface area contributed by atoms with Crippen LogP contribution in [0, 0.1) is 5.92 Å². The van der Waals surface area contributed by atoms with E-state index in [2.05, 4.69) is 11.8 Å². The molecule has 6 heteroatoms. The van der Waals surface area contributed by atoms with E-state index < -0.39 is 11.9 Å². The van der Waals surface area contributed by atoms with E-state index in [0.717, 1.165) is 38.9 Å². The van der Waals surface area contributed by atoms with E-state index in [1.165, 1.54) is 0 Å². The van der Waals surface area contributed by atoms with Crippen molar-refractivity contribution < 1.29 is 14.7 Å². The zero-order valence-electron chi connectivity index (χ0n) is 13.1. The Labute approximate surface area is 126 Å². The van der Waals surface area contributed by atoms with Crippen LogP contribution in [0.3, 0.4) is 0 Å². The third-order valence-corrected chi connectivity index (χ3v) is 4.89. The number of hydrogen-bond acceptors (Lipinski definition) is 3. The van der Waals surface area contributed by atoms with E-state index in [0.29, 0.717) is 19.5 Å². The summed E-state index contributed by atoms with van der Waals surface area (Å²) >= 11 is 0. The van der Waals surface area contributed by atoms with Crippen molar-refractivity contribution in [2.24, 2.45) is 5.92 Å². The van der Waals surface area contributed by atoms with Crippen LogP contribution in [0.5, 0.6) is 0 Å². The summed E-state index contributed by atoms with van der Waals surface area (Å²) in [5.41, 5.74) is 0. The second kappa shape index (κ2) is 7.11. The first kappa shape index (κ1) is 16.1. The molecule has 0 aliphatic carbocycles. The van der Waals surface area contributed by atoms with Crippen LogP contribution in [0.4, 0.5) is 4.79 Å². The summed E-state index contributed by atoms with van der Waals surface area (Å²) in [5.74, 6) is -1.19. The Morgan fingerprint density at radius 3 is 2.43 bits per heavy atom. The highest BCUT2D eigenvalue weighted by atomic mass is 16.4. The molecule has 1 atom stereocenters. The van der Waals surface area contributed by atoms with Crippen molar-refractivity contribution in [3.05, 3.63) is 0 Å². The van der Waals surface area contributed by atoms with Gasteiger partial charge in [0, 0.05) is 39.3 Å². The van der Waals surface area contributed by atoms with Crippen molar-refractivity contribution >= 4 is 12.0 Å². The molecule has 6 nitrogen and oxygen atoms in total. The van der Waals surface area contributed by atoms with Gasteiger partial charge >= 0.3 is 12.0 Å². The number of amides is 2. The van der Waals surface area contributed by atoms with E-state index in [1.807, 2.05) is 11.9 Å². The highest BCUT2D eigenvalue weighted by Crippen LogP contribution is 2.21. The molecule has 120 valence electrons. The van der Waals surface area contributed by atoms with Crippen LogP contribution in [0.25, 0.3) is 0 Å². The molecule has 0 saturated carbocycles. The molecule has 2 aliphatic heterocycles. The van der Waals surface area contributed by atoms with Crippen LogP contribution < -0.4 is 0 Å². The van der Waals surface area contributed by atoms with Gasteiger partial charge in [0.25, 0.3) is 0 Å². The Morgan fingerprint density at radius 2 is 1.86 bits per heavy atom. The van der Waals surface area contributed by atoms with Gasteiger partial charge in [0.15, 0.2) is 0 Å². The molecular weight excluding hydrogens is 270 g/mol. The molecular formula is C15H27N3O3. The number of rotatable bonds is 3. The molecule has 0 aromatic heterocycles. The summed E-state index contributed by atoms with van der Waals surface area (Å²) in [6.45, 7) is 6.34. The van der Waals surface area contributed by atoms with Gasteiger partial charge in [-0.15, -0.1) is 0 Å². The van der Waals surface area contributed by atoms with Crippen LogP contribution in [-0.4, -0.2) is 77.6 Å². The lowest BCUT2D eigenvalue weighted by atomic mass is 9.98. The molecule has 2 amide bonds. The highest BCUT2D eigenvalue weighted by Gasteiger charge is 2.32. The summed E-state index contributed by atoms with van der Waals surface area (Å²) in [7, 11) is 1.86. The zero-order valence-corrected chi connectivity index (χ0v) is 13.1. The fourth-order valence-corrected chi connectivity index (χ4v) is 3.35. The molecule has 0 spiro atoms. The van der Waals surface area contributed by atoms with Crippen LogP contribution in [-0.2, 0) is 4.79 Å². The Hall–Kier alpha value is -1.30. The fraction of sp³-hybridized carbons (Fsp3) is 0.867. The number of carbonyl (C=O) groups is 2. The van der Waals surface area contributed by atoms with Gasteiger partial charge in [0.1, 0.15) is 0 Å². The van der Waals surface area contributed by atoms with Gasteiger partial charge in [-0.25, -0.2) is 4.79 Å². The number of aliphatic carboxylic acids is 1. The number of carbonyl (C=O) groups excluding carboxylic acids is 1. The molecule has 2 rings (SSSR count). The molecule has 0 radical (unpaired) electrons. The first-order chi connectivity index (χ1) is 10.0. The Morgan fingerprint density at radius 1 is 1.19 bits per heavy atom. The quantitative estimate of drug-likeness (QED) is 0.853. The van der Waals surface area contributed by atoms with E-state index in [-0.39, 0.29) is 12.1 Å². The van der Waals surface area contributed by atoms with Crippen LogP contribution in [0.2, 0.25) is 0 Å². The molecule has 0 bridgehead atoms. The summed E-state index contributed by atoms with van der Waals surface area (Å²) in [6, 6.07) is 0.279. The number of nitrogens with zero attached hydrogens (tertiary/aromatic N) is 3. The van der Waals surface area contributed by atoms with Crippen molar-refractivity contribution in [1.29, 1.82) is 0 Å². The second-order valence-electron chi connectivity index (χ2n) is 6.18. The number of carboxylic acid groups (broad SMARTS) is 1. The third-order valence-electron chi connectivity index (χ3n) is 4.89. The molecule has 21 heavy (non-hydrogen) atoms. The fourth-order valence-electron chi connectivity index (χ4n) is 3.35. The molecule has 0 aromatic rings. The molecule has 2 aliphatic rings. The second-order valence-corrected chi connectivity index (χ2v) is 6.18. The largest absolute Gasteiger partial charge is 0.481 e. The lowest BCUT2D eigenvalue weighted by molar-refractivity contribution is -0.143. The minimum absolute atomic E-state index is 0.00380. The SMILES string of the molecule is CCN1CCC(N(C)C(=O)N2CCC[C@H](C(=O)O)C2)CC1. The smallest absolute Gasteiger partial charge is 0.320 e. The maximum absolute atomic E-state index is 12.6. The van der Waals surface area contributed by atoms with Crippen LogP contribution in [0.1, 0.15) is 32.6 Å². The molecule has 0 aromatic carbocycles. The van der Waals surface area contributed by atoms with Gasteiger partial charge in [0.2, 0.25) is 0 Å². The van der Waals surface area contributed by atoms with E-state index in [4.69, 9.17) is 5.11 Å².